The first-order valence-corrected chi connectivity index (χ1v) is 7.27. The van der Waals surface area contributed by atoms with Gasteiger partial charge >= 0.3 is 0 Å². The Morgan fingerprint density at radius 3 is 1.53 bits per heavy atom. The molecule has 1 heterocycles. The SMILES string of the molecule is CC.CC(C)=O.CCC.CCCN1CCCC1. The average Bonchev–Trinajstić information content (AvgIpc) is 2.75. The second-order valence-corrected chi connectivity index (χ2v) is 4.16. The molecule has 1 saturated heterocycles. The summed E-state index contributed by atoms with van der Waals surface area (Å²) in [7, 11) is 0. The molecule has 0 aromatic carbocycles. The van der Waals surface area contributed by atoms with E-state index in [-0.39, 0.29) is 5.78 Å². The molecule has 0 unspecified atom stereocenters. The van der Waals surface area contributed by atoms with Crippen molar-refractivity contribution in [3.63, 3.8) is 0 Å². The van der Waals surface area contributed by atoms with Gasteiger partial charge in [0, 0.05) is 0 Å². The van der Waals surface area contributed by atoms with Gasteiger partial charge in [-0.1, -0.05) is 41.0 Å². The van der Waals surface area contributed by atoms with E-state index in [2.05, 4.69) is 25.7 Å². The average molecular weight is 245 g/mol. The summed E-state index contributed by atoms with van der Waals surface area (Å²) in [6.45, 7) is 17.6. The monoisotopic (exact) mass is 245 g/mol. The number of rotatable bonds is 2. The molecule has 1 aliphatic rings. The van der Waals surface area contributed by atoms with Gasteiger partial charge in [0.1, 0.15) is 5.78 Å². The van der Waals surface area contributed by atoms with E-state index in [0.717, 1.165) is 0 Å². The molecule has 0 N–H and O–H groups in total. The van der Waals surface area contributed by atoms with Crippen LogP contribution in [-0.4, -0.2) is 30.3 Å². The minimum atomic E-state index is 0.167. The molecule has 0 aromatic heterocycles. The Morgan fingerprint density at radius 2 is 1.29 bits per heavy atom. The van der Waals surface area contributed by atoms with Crippen molar-refractivity contribution in [2.24, 2.45) is 0 Å². The summed E-state index contributed by atoms with van der Waals surface area (Å²) in [4.78, 5) is 12.0. The van der Waals surface area contributed by atoms with Gasteiger partial charge in [0.15, 0.2) is 0 Å². The smallest absolute Gasteiger partial charge is 0.126 e. The van der Waals surface area contributed by atoms with Crippen LogP contribution in [0.25, 0.3) is 0 Å². The Hall–Kier alpha value is -0.370. The molecular weight excluding hydrogens is 210 g/mol. The number of Topliss-reactive ketones (excluding diaryl/α,β-unsaturated/α-hetero) is 1. The van der Waals surface area contributed by atoms with Crippen LogP contribution in [0.15, 0.2) is 0 Å². The maximum absolute atomic E-state index is 9.44. The Balaban J connectivity index is -0.000000186. The maximum atomic E-state index is 9.44. The van der Waals surface area contributed by atoms with Gasteiger partial charge in [0.05, 0.1) is 0 Å². The molecule has 17 heavy (non-hydrogen) atoms. The molecule has 0 amide bonds. The van der Waals surface area contributed by atoms with E-state index in [1.54, 1.807) is 0 Å². The maximum Gasteiger partial charge on any atom is 0.126 e. The summed E-state index contributed by atoms with van der Waals surface area (Å²) in [6.07, 6.45) is 5.43. The van der Waals surface area contributed by atoms with Crippen LogP contribution in [0.4, 0.5) is 0 Å². The van der Waals surface area contributed by atoms with Crippen LogP contribution in [-0.2, 0) is 4.79 Å². The highest BCUT2D eigenvalue weighted by molar-refractivity contribution is 5.72. The van der Waals surface area contributed by atoms with Crippen molar-refractivity contribution in [3.05, 3.63) is 0 Å². The van der Waals surface area contributed by atoms with Crippen LogP contribution in [0, 0.1) is 0 Å². The van der Waals surface area contributed by atoms with E-state index in [4.69, 9.17) is 0 Å². The fraction of sp³-hybridized carbons (Fsp3) is 0.933. The summed E-state index contributed by atoms with van der Waals surface area (Å²) in [5, 5.41) is 0. The van der Waals surface area contributed by atoms with Crippen molar-refractivity contribution in [2.75, 3.05) is 19.6 Å². The van der Waals surface area contributed by atoms with Gasteiger partial charge in [-0.25, -0.2) is 0 Å². The second kappa shape index (κ2) is 21.0. The molecule has 1 fully saturated rings. The van der Waals surface area contributed by atoms with Gasteiger partial charge in [-0.3, -0.25) is 0 Å². The van der Waals surface area contributed by atoms with Gasteiger partial charge in [-0.05, 0) is 52.7 Å². The number of nitrogens with zero attached hydrogens (tertiary/aromatic N) is 1. The van der Waals surface area contributed by atoms with E-state index >= 15 is 0 Å². The normalized spacial score (nSPS) is 13.4. The van der Waals surface area contributed by atoms with Crippen LogP contribution >= 0.6 is 0 Å². The molecule has 0 atom stereocenters. The standard InChI is InChI=1S/C7H15N.C3H6O.C3H8.C2H6/c1-2-5-8-6-3-4-7-8;1-3(2)4;1-3-2;1-2/h2-7H2,1H3;1-2H3;3H2,1-2H3;1-2H3. The van der Waals surface area contributed by atoms with Gasteiger partial charge in [-0.2, -0.15) is 0 Å². The van der Waals surface area contributed by atoms with E-state index in [1.165, 1.54) is 59.2 Å². The summed E-state index contributed by atoms with van der Waals surface area (Å²) >= 11 is 0. The van der Waals surface area contributed by atoms with Crippen molar-refractivity contribution in [1.29, 1.82) is 0 Å². The largest absolute Gasteiger partial charge is 0.303 e. The predicted octanol–water partition coefficient (Wildman–Crippen LogP) is 4.53. The number of ketones is 1. The summed E-state index contributed by atoms with van der Waals surface area (Å²) < 4.78 is 0. The first-order chi connectivity index (χ1) is 8.08. The van der Waals surface area contributed by atoms with Crippen LogP contribution in [0.1, 0.15) is 74.1 Å². The minimum absolute atomic E-state index is 0.167. The van der Waals surface area contributed by atoms with Crippen LogP contribution in [0.3, 0.4) is 0 Å². The highest BCUT2D eigenvalue weighted by atomic mass is 16.1. The summed E-state index contributed by atoms with van der Waals surface area (Å²) in [6, 6.07) is 0. The number of carbonyl (C=O) groups is 1. The quantitative estimate of drug-likeness (QED) is 0.712. The molecule has 0 aliphatic carbocycles. The molecule has 106 valence electrons. The summed E-state index contributed by atoms with van der Waals surface area (Å²) in [5.74, 6) is 0.167. The molecule has 0 saturated carbocycles. The first-order valence-electron chi connectivity index (χ1n) is 7.27. The minimum Gasteiger partial charge on any atom is -0.303 e. The zero-order valence-corrected chi connectivity index (χ0v) is 13.3. The van der Waals surface area contributed by atoms with Crippen molar-refractivity contribution in [2.45, 2.75) is 74.1 Å². The molecule has 2 nitrogen and oxygen atoms in total. The Labute approximate surface area is 110 Å². The Kier molecular flexibility index (Phi) is 27.0. The number of carbonyl (C=O) groups excluding carboxylic acids is 1. The van der Waals surface area contributed by atoms with E-state index in [0.29, 0.717) is 0 Å². The predicted molar refractivity (Wildman–Crippen MR) is 79.6 cm³/mol. The first kappa shape index (κ1) is 21.9. The zero-order chi connectivity index (χ0) is 14.1. The molecule has 2 heteroatoms. The van der Waals surface area contributed by atoms with Gasteiger partial charge in [0.2, 0.25) is 0 Å². The van der Waals surface area contributed by atoms with E-state index in [9.17, 15) is 4.79 Å². The second-order valence-electron chi connectivity index (χ2n) is 4.16. The summed E-state index contributed by atoms with van der Waals surface area (Å²) in [5.41, 5.74) is 0. The lowest BCUT2D eigenvalue weighted by atomic mass is 10.4. The molecule has 0 bridgehead atoms. The molecule has 0 aromatic rings. The Bertz CT molecular complexity index is 125. The van der Waals surface area contributed by atoms with Gasteiger partial charge in [0.25, 0.3) is 0 Å². The van der Waals surface area contributed by atoms with Crippen LogP contribution in [0.2, 0.25) is 0 Å². The van der Waals surface area contributed by atoms with Crippen molar-refractivity contribution in [1.82, 2.24) is 4.90 Å². The van der Waals surface area contributed by atoms with Crippen molar-refractivity contribution < 1.29 is 4.79 Å². The third-order valence-electron chi connectivity index (χ3n) is 1.74. The lowest BCUT2D eigenvalue weighted by Crippen LogP contribution is -2.19. The molecule has 1 aliphatic heterocycles. The van der Waals surface area contributed by atoms with E-state index < -0.39 is 0 Å². The lowest BCUT2D eigenvalue weighted by molar-refractivity contribution is -0.114. The lowest BCUT2D eigenvalue weighted by Gasteiger charge is -2.11. The van der Waals surface area contributed by atoms with Gasteiger partial charge < -0.3 is 9.69 Å². The van der Waals surface area contributed by atoms with Crippen molar-refractivity contribution >= 4 is 5.78 Å². The number of hydrogen-bond donors (Lipinski definition) is 0. The highest BCUT2D eigenvalue weighted by Gasteiger charge is 2.08. The molecule has 0 spiro atoms. The van der Waals surface area contributed by atoms with Gasteiger partial charge in [-0.15, -0.1) is 0 Å². The number of likely N-dealkylation sites (tertiary alicyclic amines) is 1. The molecule has 1 rings (SSSR count). The third-order valence-corrected chi connectivity index (χ3v) is 1.74. The molecule has 0 radical (unpaired) electrons. The van der Waals surface area contributed by atoms with Crippen molar-refractivity contribution in [3.8, 4) is 0 Å². The number of hydrogen-bond acceptors (Lipinski definition) is 2. The zero-order valence-electron chi connectivity index (χ0n) is 13.3. The Morgan fingerprint density at radius 1 is 1.00 bits per heavy atom. The fourth-order valence-electron chi connectivity index (χ4n) is 1.32. The van der Waals surface area contributed by atoms with E-state index in [1.807, 2.05) is 13.8 Å². The fourth-order valence-corrected chi connectivity index (χ4v) is 1.32. The van der Waals surface area contributed by atoms with Crippen LogP contribution in [0.5, 0.6) is 0 Å². The topological polar surface area (TPSA) is 20.3 Å². The highest BCUT2D eigenvalue weighted by Crippen LogP contribution is 2.06. The van der Waals surface area contributed by atoms with Crippen LogP contribution < -0.4 is 0 Å². The molecular formula is C15H35NO. The third kappa shape index (κ3) is 31.3.